The summed E-state index contributed by atoms with van der Waals surface area (Å²) in [5, 5.41) is 2.80. The first kappa shape index (κ1) is 20.9. The number of rotatable bonds is 6. The molecule has 0 saturated carbocycles. The van der Waals surface area contributed by atoms with Gasteiger partial charge in [-0.05, 0) is 37.5 Å². The van der Waals surface area contributed by atoms with Crippen LogP contribution in [0.15, 0.2) is 30.5 Å². The highest BCUT2D eigenvalue weighted by atomic mass is 19.1. The fraction of sp³-hybridized carbons (Fsp3) is 0.429. The van der Waals surface area contributed by atoms with Crippen molar-refractivity contribution in [2.45, 2.75) is 32.2 Å². The minimum atomic E-state index is -0.315. The summed E-state index contributed by atoms with van der Waals surface area (Å²) < 4.78 is 17.9. The molecule has 2 aromatic rings. The Bertz CT molecular complexity index is 873. The van der Waals surface area contributed by atoms with E-state index in [1.807, 2.05) is 0 Å². The van der Waals surface area contributed by atoms with E-state index in [4.69, 9.17) is 4.74 Å². The Morgan fingerprint density at radius 3 is 2.76 bits per heavy atom. The molecule has 3 rings (SSSR count). The zero-order chi connectivity index (χ0) is 20.8. The quantitative estimate of drug-likeness (QED) is 0.804. The molecule has 0 bridgehead atoms. The van der Waals surface area contributed by atoms with Crippen LogP contribution in [-0.4, -0.2) is 53.5 Å². The van der Waals surface area contributed by atoms with Crippen LogP contribution < -0.4 is 5.32 Å². The molecule has 1 atom stereocenters. The van der Waals surface area contributed by atoms with E-state index >= 15 is 0 Å². The predicted molar refractivity (Wildman–Crippen MR) is 105 cm³/mol. The second kappa shape index (κ2) is 9.56. The maximum absolute atomic E-state index is 13.0. The monoisotopic (exact) mass is 400 g/mol. The third-order valence-electron chi connectivity index (χ3n) is 5.02. The second-order valence-electron chi connectivity index (χ2n) is 7.15. The Kier molecular flexibility index (Phi) is 6.87. The second-order valence-corrected chi connectivity index (χ2v) is 7.15. The molecule has 2 amide bonds. The number of likely N-dealkylation sites (tertiary alicyclic amines) is 1. The van der Waals surface area contributed by atoms with Crippen molar-refractivity contribution in [3.8, 4) is 0 Å². The summed E-state index contributed by atoms with van der Waals surface area (Å²) in [5.41, 5.74) is 1.80. The number of nitrogens with one attached hydrogen (secondary N) is 1. The van der Waals surface area contributed by atoms with Gasteiger partial charge in [0.15, 0.2) is 0 Å². The molecule has 7 nitrogen and oxygen atoms in total. The number of nitrogens with zero attached hydrogens (tertiary/aromatic N) is 3. The number of aryl methyl sites for hydroxylation is 1. The molecule has 0 radical (unpaired) electrons. The van der Waals surface area contributed by atoms with Crippen molar-refractivity contribution in [2.24, 2.45) is 0 Å². The standard InChI is InChI=1S/C21H25FN4O3/c1-14-18(21(28)24-10-15-5-7-17(22)8-6-15)11-23-20(25-14)16-4-3-9-26(12-16)19(27)13-29-2/h5-8,11,16H,3-4,9-10,12-13H2,1-2H3,(H,24,28). The van der Waals surface area contributed by atoms with Crippen LogP contribution in [0.25, 0.3) is 0 Å². The van der Waals surface area contributed by atoms with Crippen LogP contribution in [-0.2, 0) is 16.1 Å². The van der Waals surface area contributed by atoms with Gasteiger partial charge in [-0.3, -0.25) is 9.59 Å². The number of carbonyl (C=O) groups is 2. The van der Waals surface area contributed by atoms with Gasteiger partial charge in [-0.15, -0.1) is 0 Å². The van der Waals surface area contributed by atoms with E-state index in [1.54, 1.807) is 24.0 Å². The number of methoxy groups -OCH3 is 1. The topological polar surface area (TPSA) is 84.4 Å². The molecule has 0 aliphatic carbocycles. The van der Waals surface area contributed by atoms with Crippen LogP contribution in [0.3, 0.4) is 0 Å². The van der Waals surface area contributed by atoms with Crippen molar-refractivity contribution in [1.29, 1.82) is 0 Å². The lowest BCUT2D eigenvalue weighted by molar-refractivity contribution is -0.136. The van der Waals surface area contributed by atoms with Gasteiger partial charge in [-0.1, -0.05) is 12.1 Å². The summed E-state index contributed by atoms with van der Waals surface area (Å²) in [5.74, 6) is 0.0572. The van der Waals surface area contributed by atoms with Gasteiger partial charge in [0.05, 0.1) is 11.3 Å². The summed E-state index contributed by atoms with van der Waals surface area (Å²) in [6, 6.07) is 5.97. The molecule has 1 aliphatic heterocycles. The third-order valence-corrected chi connectivity index (χ3v) is 5.02. The largest absolute Gasteiger partial charge is 0.375 e. The summed E-state index contributed by atoms with van der Waals surface area (Å²) in [6.45, 7) is 3.40. The van der Waals surface area contributed by atoms with E-state index in [0.717, 1.165) is 18.4 Å². The smallest absolute Gasteiger partial charge is 0.254 e. The molecule has 1 aromatic heterocycles. The van der Waals surface area contributed by atoms with Gasteiger partial charge >= 0.3 is 0 Å². The van der Waals surface area contributed by atoms with Gasteiger partial charge in [0, 0.05) is 38.9 Å². The average molecular weight is 400 g/mol. The lowest BCUT2D eigenvalue weighted by Gasteiger charge is -2.32. The van der Waals surface area contributed by atoms with Gasteiger partial charge < -0.3 is 15.0 Å². The minimum Gasteiger partial charge on any atom is -0.375 e. The molecule has 8 heteroatoms. The lowest BCUT2D eigenvalue weighted by atomic mass is 9.97. The highest BCUT2D eigenvalue weighted by molar-refractivity contribution is 5.94. The van der Waals surface area contributed by atoms with Crippen LogP contribution in [0.2, 0.25) is 0 Å². The van der Waals surface area contributed by atoms with Gasteiger partial charge in [0.2, 0.25) is 5.91 Å². The maximum Gasteiger partial charge on any atom is 0.254 e. The van der Waals surface area contributed by atoms with Crippen LogP contribution >= 0.6 is 0 Å². The van der Waals surface area contributed by atoms with Crippen LogP contribution in [0.1, 0.15) is 46.2 Å². The summed E-state index contributed by atoms with van der Waals surface area (Å²) >= 11 is 0. The van der Waals surface area contributed by atoms with E-state index in [0.29, 0.717) is 36.7 Å². The number of hydrogen-bond donors (Lipinski definition) is 1. The molecule has 29 heavy (non-hydrogen) atoms. The number of ether oxygens (including phenoxy) is 1. The Balaban J connectivity index is 1.63. The van der Waals surface area contributed by atoms with Crippen LogP contribution in [0.5, 0.6) is 0 Å². The van der Waals surface area contributed by atoms with Crippen LogP contribution in [0, 0.1) is 12.7 Å². The van der Waals surface area contributed by atoms with Crippen molar-refractivity contribution in [3.63, 3.8) is 0 Å². The van der Waals surface area contributed by atoms with E-state index in [-0.39, 0.29) is 30.2 Å². The maximum atomic E-state index is 13.0. The SMILES string of the molecule is COCC(=O)N1CCCC(c2ncc(C(=O)NCc3ccc(F)cc3)c(C)n2)C1. The highest BCUT2D eigenvalue weighted by Crippen LogP contribution is 2.25. The van der Waals surface area contributed by atoms with Crippen molar-refractivity contribution in [3.05, 3.63) is 58.9 Å². The molecule has 1 fully saturated rings. The van der Waals surface area contributed by atoms with Gasteiger partial charge in [-0.25, -0.2) is 14.4 Å². The molecule has 1 aliphatic rings. The zero-order valence-electron chi connectivity index (χ0n) is 16.7. The van der Waals surface area contributed by atoms with Gasteiger partial charge in [0.25, 0.3) is 5.91 Å². The number of aromatic nitrogens is 2. The van der Waals surface area contributed by atoms with E-state index in [2.05, 4.69) is 15.3 Å². The highest BCUT2D eigenvalue weighted by Gasteiger charge is 2.27. The summed E-state index contributed by atoms with van der Waals surface area (Å²) in [7, 11) is 1.51. The fourth-order valence-corrected chi connectivity index (χ4v) is 3.41. The minimum absolute atomic E-state index is 0.0364. The number of carbonyl (C=O) groups excluding carboxylic acids is 2. The molecular weight excluding hydrogens is 375 g/mol. The molecule has 1 aromatic carbocycles. The molecule has 0 spiro atoms. The van der Waals surface area contributed by atoms with Crippen molar-refractivity contribution >= 4 is 11.8 Å². The molecule has 1 saturated heterocycles. The molecule has 1 unspecified atom stereocenters. The Morgan fingerprint density at radius 1 is 1.31 bits per heavy atom. The number of piperidine rings is 1. The number of hydrogen-bond acceptors (Lipinski definition) is 5. The summed E-state index contributed by atoms with van der Waals surface area (Å²) in [4.78, 5) is 35.3. The van der Waals surface area contributed by atoms with Crippen LogP contribution in [0.4, 0.5) is 4.39 Å². The Labute approximate surface area is 169 Å². The normalized spacial score (nSPS) is 16.5. The average Bonchev–Trinajstić information content (AvgIpc) is 2.73. The van der Waals surface area contributed by atoms with Crippen molar-refractivity contribution in [1.82, 2.24) is 20.2 Å². The number of halogens is 1. The third kappa shape index (κ3) is 5.35. The van der Waals surface area contributed by atoms with E-state index < -0.39 is 0 Å². The van der Waals surface area contributed by atoms with Crippen molar-refractivity contribution in [2.75, 3.05) is 26.8 Å². The van der Waals surface area contributed by atoms with Gasteiger partial charge in [-0.2, -0.15) is 0 Å². The van der Waals surface area contributed by atoms with Gasteiger partial charge in [0.1, 0.15) is 18.2 Å². The first-order valence-electron chi connectivity index (χ1n) is 9.61. The lowest BCUT2D eigenvalue weighted by Crippen LogP contribution is -2.41. The Morgan fingerprint density at radius 2 is 2.07 bits per heavy atom. The molecule has 2 heterocycles. The predicted octanol–water partition coefficient (Wildman–Crippen LogP) is 2.21. The Hall–Kier alpha value is -2.87. The molecular formula is C21H25FN4O3. The summed E-state index contributed by atoms with van der Waals surface area (Å²) in [6.07, 6.45) is 3.31. The first-order chi connectivity index (χ1) is 14.0. The van der Waals surface area contributed by atoms with E-state index in [1.165, 1.54) is 25.4 Å². The number of benzene rings is 1. The van der Waals surface area contributed by atoms with E-state index in [9.17, 15) is 14.0 Å². The fourth-order valence-electron chi connectivity index (χ4n) is 3.41. The first-order valence-corrected chi connectivity index (χ1v) is 9.61. The van der Waals surface area contributed by atoms with Crippen molar-refractivity contribution < 1.29 is 18.7 Å². The zero-order valence-corrected chi connectivity index (χ0v) is 16.7. The molecule has 1 N–H and O–H groups in total. The molecule has 154 valence electrons. The number of amides is 2.